The van der Waals surface area contributed by atoms with Gasteiger partial charge in [-0.25, -0.2) is 9.97 Å². The maximum Gasteiger partial charge on any atom is 0.228 e. The van der Waals surface area contributed by atoms with Crippen LogP contribution in [0, 0.1) is 12.8 Å². The topological polar surface area (TPSA) is 89.9 Å². The van der Waals surface area contributed by atoms with Crippen molar-refractivity contribution in [1.82, 2.24) is 20.2 Å². The van der Waals surface area contributed by atoms with Crippen molar-refractivity contribution in [2.75, 3.05) is 12.4 Å². The molecule has 0 aromatic carbocycles. The molecule has 0 atom stereocenters. The summed E-state index contributed by atoms with van der Waals surface area (Å²) in [6.45, 7) is 1.92. The van der Waals surface area contributed by atoms with Crippen LogP contribution in [0.2, 0.25) is 0 Å². The van der Waals surface area contributed by atoms with Crippen molar-refractivity contribution in [3.8, 4) is 10.7 Å². The van der Waals surface area contributed by atoms with Crippen LogP contribution in [0.1, 0.15) is 30.7 Å². The minimum absolute atomic E-state index is 0.0116. The van der Waals surface area contributed by atoms with E-state index in [-0.39, 0.29) is 17.9 Å². The van der Waals surface area contributed by atoms with Crippen LogP contribution in [0.15, 0.2) is 24.4 Å². The largest absolute Gasteiger partial charge is 0.381 e. The Morgan fingerprint density at radius 3 is 2.74 bits per heavy atom. The Hall–Kier alpha value is -2.45. The second-order valence-electron chi connectivity index (χ2n) is 6.78. The van der Waals surface area contributed by atoms with Gasteiger partial charge in [-0.3, -0.25) is 4.79 Å². The molecule has 0 aliphatic heterocycles. The summed E-state index contributed by atoms with van der Waals surface area (Å²) in [5, 5.41) is 13.7. The molecule has 0 spiro atoms. The Morgan fingerprint density at radius 1 is 1.22 bits per heavy atom. The number of fused-ring (bicyclic) bond motifs is 1. The Bertz CT molecular complexity index is 966. The molecule has 0 radical (unpaired) electrons. The lowest BCUT2D eigenvalue weighted by Gasteiger charge is -2.26. The molecule has 27 heavy (non-hydrogen) atoms. The van der Waals surface area contributed by atoms with Crippen LogP contribution in [-0.2, 0) is 9.53 Å². The van der Waals surface area contributed by atoms with Gasteiger partial charge < -0.3 is 10.1 Å². The van der Waals surface area contributed by atoms with E-state index in [0.717, 1.165) is 52.3 Å². The average Bonchev–Trinajstić information content (AvgIpc) is 3.14. The fourth-order valence-electron chi connectivity index (χ4n) is 3.39. The number of nitrogens with zero attached hydrogens (tertiary/aromatic N) is 4. The Balaban J connectivity index is 1.51. The SMILES string of the molecule is CO[C@H]1CC[C@H](C(=O)Nc2cc3nc(-c4nnc(C)s4)ccc3cn2)CC1. The summed E-state index contributed by atoms with van der Waals surface area (Å²) in [5.41, 5.74) is 1.54. The van der Waals surface area contributed by atoms with Gasteiger partial charge in [0.15, 0.2) is 5.01 Å². The third-order valence-electron chi connectivity index (χ3n) is 4.95. The molecule has 1 aliphatic rings. The molecule has 8 heteroatoms. The van der Waals surface area contributed by atoms with Gasteiger partial charge >= 0.3 is 0 Å². The minimum atomic E-state index is 0.0116. The number of methoxy groups -OCH3 is 1. The summed E-state index contributed by atoms with van der Waals surface area (Å²) in [4.78, 5) is 21.6. The number of aryl methyl sites for hydroxylation is 1. The van der Waals surface area contributed by atoms with Gasteiger partial charge in [0.25, 0.3) is 0 Å². The van der Waals surface area contributed by atoms with Gasteiger partial charge in [0.1, 0.15) is 16.5 Å². The molecule has 0 saturated heterocycles. The highest BCUT2D eigenvalue weighted by atomic mass is 32.1. The van der Waals surface area contributed by atoms with Crippen molar-refractivity contribution in [3.05, 3.63) is 29.4 Å². The first-order valence-corrected chi connectivity index (χ1v) is 9.85. The average molecular weight is 383 g/mol. The number of anilines is 1. The lowest BCUT2D eigenvalue weighted by atomic mass is 9.87. The summed E-state index contributed by atoms with van der Waals surface area (Å²) >= 11 is 1.50. The van der Waals surface area contributed by atoms with Crippen LogP contribution in [0.3, 0.4) is 0 Å². The molecule has 1 amide bonds. The van der Waals surface area contributed by atoms with Crippen LogP contribution in [0.25, 0.3) is 21.6 Å². The van der Waals surface area contributed by atoms with E-state index < -0.39 is 0 Å². The molecule has 3 heterocycles. The lowest BCUT2D eigenvalue weighted by molar-refractivity contribution is -0.121. The standard InChI is InChI=1S/C19H21N5O2S/c1-11-23-24-19(27-11)15-8-5-13-10-20-17(9-16(13)21-15)22-18(25)12-3-6-14(26-2)7-4-12/h5,8-10,12,14H,3-4,6-7H2,1-2H3,(H,20,22,25)/t12-,14-. The third kappa shape index (κ3) is 3.96. The van der Waals surface area contributed by atoms with Crippen molar-refractivity contribution >= 4 is 34.0 Å². The van der Waals surface area contributed by atoms with Crippen LogP contribution in [0.5, 0.6) is 0 Å². The van der Waals surface area contributed by atoms with Crippen molar-refractivity contribution in [1.29, 1.82) is 0 Å². The Morgan fingerprint density at radius 2 is 2.04 bits per heavy atom. The number of hydrogen-bond donors (Lipinski definition) is 1. The highest BCUT2D eigenvalue weighted by molar-refractivity contribution is 7.14. The lowest BCUT2D eigenvalue weighted by Crippen LogP contribution is -2.29. The molecular weight excluding hydrogens is 362 g/mol. The first kappa shape index (κ1) is 17.9. The maximum atomic E-state index is 12.6. The number of ether oxygens (including phenoxy) is 1. The molecule has 0 unspecified atom stereocenters. The van der Waals surface area contributed by atoms with E-state index in [1.54, 1.807) is 13.3 Å². The van der Waals surface area contributed by atoms with Gasteiger partial charge in [-0.05, 0) is 44.7 Å². The molecule has 1 N–H and O–H groups in total. The Kier molecular flexibility index (Phi) is 5.09. The number of aromatic nitrogens is 4. The number of carbonyl (C=O) groups is 1. The summed E-state index contributed by atoms with van der Waals surface area (Å²) < 4.78 is 5.37. The van der Waals surface area contributed by atoms with Gasteiger partial charge in [-0.2, -0.15) is 0 Å². The van der Waals surface area contributed by atoms with Crippen molar-refractivity contribution in [3.63, 3.8) is 0 Å². The fourth-order valence-corrected chi connectivity index (χ4v) is 4.05. The van der Waals surface area contributed by atoms with Gasteiger partial charge in [0.2, 0.25) is 5.91 Å². The monoisotopic (exact) mass is 383 g/mol. The summed E-state index contributed by atoms with van der Waals surface area (Å²) in [6, 6.07) is 5.68. The number of amides is 1. The normalized spacial score (nSPS) is 19.9. The number of carbonyl (C=O) groups excluding carboxylic acids is 1. The smallest absolute Gasteiger partial charge is 0.228 e. The second-order valence-corrected chi connectivity index (χ2v) is 7.97. The molecule has 1 fully saturated rings. The summed E-state index contributed by atoms with van der Waals surface area (Å²) in [6.07, 6.45) is 5.54. The summed E-state index contributed by atoms with van der Waals surface area (Å²) in [5.74, 6) is 0.560. The van der Waals surface area contributed by atoms with Crippen LogP contribution in [-0.4, -0.2) is 39.3 Å². The molecule has 3 aromatic heterocycles. The van der Waals surface area contributed by atoms with E-state index in [1.165, 1.54) is 11.3 Å². The Labute approximate surface area is 161 Å². The fraction of sp³-hybridized carbons (Fsp3) is 0.421. The van der Waals surface area contributed by atoms with Crippen molar-refractivity contribution < 1.29 is 9.53 Å². The van der Waals surface area contributed by atoms with Gasteiger partial charge in [-0.15, -0.1) is 10.2 Å². The molecule has 7 nitrogen and oxygen atoms in total. The number of rotatable bonds is 4. The van der Waals surface area contributed by atoms with Gasteiger partial charge in [0, 0.05) is 30.7 Å². The number of pyridine rings is 2. The molecule has 1 aliphatic carbocycles. The van der Waals surface area contributed by atoms with Crippen molar-refractivity contribution in [2.45, 2.75) is 38.7 Å². The minimum Gasteiger partial charge on any atom is -0.381 e. The van der Waals surface area contributed by atoms with E-state index in [9.17, 15) is 4.79 Å². The zero-order chi connectivity index (χ0) is 18.8. The first-order valence-electron chi connectivity index (χ1n) is 9.03. The molecule has 140 valence electrons. The first-order chi connectivity index (χ1) is 13.1. The zero-order valence-electron chi connectivity index (χ0n) is 15.3. The van der Waals surface area contributed by atoms with E-state index in [0.29, 0.717) is 5.82 Å². The number of hydrogen-bond acceptors (Lipinski definition) is 7. The highest BCUT2D eigenvalue weighted by Gasteiger charge is 2.26. The van der Waals surface area contributed by atoms with Gasteiger partial charge in [-0.1, -0.05) is 11.3 Å². The van der Waals surface area contributed by atoms with Crippen LogP contribution < -0.4 is 5.32 Å². The maximum absolute atomic E-state index is 12.6. The number of nitrogens with one attached hydrogen (secondary N) is 1. The quantitative estimate of drug-likeness (QED) is 0.740. The highest BCUT2D eigenvalue weighted by Crippen LogP contribution is 2.28. The second kappa shape index (κ2) is 7.66. The van der Waals surface area contributed by atoms with E-state index in [2.05, 4.69) is 25.5 Å². The molecular formula is C19H21N5O2S. The third-order valence-corrected chi connectivity index (χ3v) is 5.81. The van der Waals surface area contributed by atoms with Crippen LogP contribution in [0.4, 0.5) is 5.82 Å². The van der Waals surface area contributed by atoms with Crippen LogP contribution >= 0.6 is 11.3 Å². The molecule has 3 aromatic rings. The zero-order valence-corrected chi connectivity index (χ0v) is 16.1. The van der Waals surface area contributed by atoms with Crippen molar-refractivity contribution in [2.24, 2.45) is 5.92 Å². The van der Waals surface area contributed by atoms with E-state index in [4.69, 9.17) is 4.74 Å². The molecule has 4 rings (SSSR count). The predicted molar refractivity (Wildman–Crippen MR) is 105 cm³/mol. The molecule has 0 bridgehead atoms. The summed E-state index contributed by atoms with van der Waals surface area (Å²) in [7, 11) is 1.73. The van der Waals surface area contributed by atoms with E-state index >= 15 is 0 Å². The van der Waals surface area contributed by atoms with Gasteiger partial charge in [0.05, 0.1) is 11.6 Å². The predicted octanol–water partition coefficient (Wildman–Crippen LogP) is 3.60. The van der Waals surface area contributed by atoms with E-state index in [1.807, 2.05) is 25.1 Å². The molecule has 1 saturated carbocycles.